The van der Waals surface area contributed by atoms with Crippen LogP contribution in [0.4, 0.5) is 4.39 Å². The molecule has 0 bridgehead atoms. The molecule has 2 aromatic rings. The Balaban J connectivity index is 2.57. The number of nitrogens with one attached hydrogen (secondary N) is 1. The van der Waals surface area contributed by atoms with Crippen molar-refractivity contribution in [2.75, 3.05) is 0 Å². The van der Waals surface area contributed by atoms with Gasteiger partial charge >= 0.3 is 0 Å². The Morgan fingerprint density at radius 1 is 1.18 bits per heavy atom. The van der Waals surface area contributed by atoms with Gasteiger partial charge in [-0.05, 0) is 31.2 Å². The minimum atomic E-state index is -0.502. The van der Waals surface area contributed by atoms with Crippen molar-refractivity contribution < 1.29 is 9.18 Å². The number of pyridine rings is 1. The van der Waals surface area contributed by atoms with E-state index in [2.05, 4.69) is 4.98 Å². The smallest absolute Gasteiger partial charge is 0.259 e. The Labute approximate surface area is 96.9 Å². The van der Waals surface area contributed by atoms with E-state index >= 15 is 0 Å². The van der Waals surface area contributed by atoms with Crippen LogP contribution in [0.5, 0.6) is 0 Å². The Morgan fingerprint density at radius 3 is 2.47 bits per heavy atom. The fourth-order valence-corrected chi connectivity index (χ4v) is 1.59. The zero-order chi connectivity index (χ0) is 12.4. The van der Waals surface area contributed by atoms with Gasteiger partial charge in [-0.15, -0.1) is 0 Å². The summed E-state index contributed by atoms with van der Waals surface area (Å²) in [5, 5.41) is 0. The van der Waals surface area contributed by atoms with E-state index in [0.29, 0.717) is 11.3 Å². The Kier molecular flexibility index (Phi) is 2.87. The number of halogens is 1. The minimum Gasteiger partial charge on any atom is -0.321 e. The van der Waals surface area contributed by atoms with Crippen molar-refractivity contribution >= 4 is 5.78 Å². The summed E-state index contributed by atoms with van der Waals surface area (Å²) in [6, 6.07) is 9.05. The number of aromatic amines is 1. The van der Waals surface area contributed by atoms with Crippen molar-refractivity contribution in [2.24, 2.45) is 0 Å². The number of aromatic nitrogens is 1. The normalized spacial score (nSPS) is 10.2. The highest BCUT2D eigenvalue weighted by Gasteiger charge is 2.09. The molecule has 4 heteroatoms. The van der Waals surface area contributed by atoms with Gasteiger partial charge < -0.3 is 4.98 Å². The quantitative estimate of drug-likeness (QED) is 0.807. The first-order chi connectivity index (χ1) is 8.09. The lowest BCUT2D eigenvalue weighted by Crippen LogP contribution is -2.16. The summed E-state index contributed by atoms with van der Waals surface area (Å²) in [6.45, 7) is 1.31. The SMILES string of the molecule is CC(=O)c1ccc(-c2ccccc2F)[nH]c1=O. The molecule has 2 rings (SSSR count). The van der Waals surface area contributed by atoms with Crippen molar-refractivity contribution in [1.82, 2.24) is 4.98 Å². The predicted molar refractivity (Wildman–Crippen MR) is 62.5 cm³/mol. The van der Waals surface area contributed by atoms with Gasteiger partial charge in [0.05, 0.1) is 11.3 Å². The van der Waals surface area contributed by atoms with Gasteiger partial charge in [0, 0.05) is 5.56 Å². The predicted octanol–water partition coefficient (Wildman–Crippen LogP) is 2.38. The van der Waals surface area contributed by atoms with Crippen LogP contribution in [-0.4, -0.2) is 10.8 Å². The summed E-state index contributed by atoms with van der Waals surface area (Å²) in [6.07, 6.45) is 0. The van der Waals surface area contributed by atoms with Crippen LogP contribution in [-0.2, 0) is 0 Å². The third-order valence-corrected chi connectivity index (χ3v) is 2.45. The zero-order valence-corrected chi connectivity index (χ0v) is 9.16. The van der Waals surface area contributed by atoms with Gasteiger partial charge in [0.2, 0.25) is 0 Å². The Bertz CT molecular complexity index is 631. The van der Waals surface area contributed by atoms with Crippen LogP contribution >= 0.6 is 0 Å². The second kappa shape index (κ2) is 4.33. The molecule has 17 heavy (non-hydrogen) atoms. The molecule has 0 unspecified atom stereocenters. The van der Waals surface area contributed by atoms with E-state index in [1.165, 1.54) is 25.1 Å². The van der Waals surface area contributed by atoms with Crippen LogP contribution in [0.15, 0.2) is 41.2 Å². The molecule has 0 amide bonds. The second-order valence-electron chi connectivity index (χ2n) is 3.65. The van der Waals surface area contributed by atoms with E-state index in [-0.39, 0.29) is 11.3 Å². The van der Waals surface area contributed by atoms with Crippen LogP contribution in [0.3, 0.4) is 0 Å². The van der Waals surface area contributed by atoms with Gasteiger partial charge in [-0.2, -0.15) is 0 Å². The molecule has 0 fully saturated rings. The van der Waals surface area contributed by atoms with E-state index in [4.69, 9.17) is 0 Å². The van der Waals surface area contributed by atoms with Gasteiger partial charge in [0.1, 0.15) is 5.82 Å². The first kappa shape index (κ1) is 11.3. The fraction of sp³-hybridized carbons (Fsp3) is 0.0769. The number of ketones is 1. The highest BCUT2D eigenvalue weighted by Crippen LogP contribution is 2.19. The van der Waals surface area contributed by atoms with Crippen molar-refractivity contribution in [2.45, 2.75) is 6.92 Å². The van der Waals surface area contributed by atoms with Gasteiger partial charge in [-0.1, -0.05) is 12.1 Å². The third-order valence-electron chi connectivity index (χ3n) is 2.45. The molecule has 0 spiro atoms. The monoisotopic (exact) mass is 231 g/mol. The molecule has 0 aliphatic rings. The molecule has 0 aliphatic heterocycles. The lowest BCUT2D eigenvalue weighted by Gasteiger charge is -2.03. The number of hydrogen-bond acceptors (Lipinski definition) is 2. The summed E-state index contributed by atoms with van der Waals surface area (Å²) >= 11 is 0. The van der Waals surface area contributed by atoms with Gasteiger partial charge in [0.15, 0.2) is 5.78 Å². The van der Waals surface area contributed by atoms with Gasteiger partial charge in [0.25, 0.3) is 5.56 Å². The number of rotatable bonds is 2. The van der Waals surface area contributed by atoms with Crippen LogP contribution in [0.1, 0.15) is 17.3 Å². The number of carbonyl (C=O) groups is 1. The second-order valence-corrected chi connectivity index (χ2v) is 3.65. The largest absolute Gasteiger partial charge is 0.321 e. The third kappa shape index (κ3) is 2.15. The first-order valence-electron chi connectivity index (χ1n) is 5.09. The summed E-state index contributed by atoms with van der Waals surface area (Å²) < 4.78 is 13.5. The topological polar surface area (TPSA) is 49.9 Å². The fourth-order valence-electron chi connectivity index (χ4n) is 1.59. The van der Waals surface area contributed by atoms with Crippen molar-refractivity contribution in [3.05, 3.63) is 58.1 Å². The van der Waals surface area contributed by atoms with E-state index in [1.54, 1.807) is 18.2 Å². The summed E-state index contributed by atoms with van der Waals surface area (Å²) in [7, 11) is 0. The van der Waals surface area contributed by atoms with Crippen molar-refractivity contribution in [3.63, 3.8) is 0 Å². The highest BCUT2D eigenvalue weighted by molar-refractivity contribution is 5.93. The molecule has 1 aromatic heterocycles. The maximum absolute atomic E-state index is 13.5. The maximum atomic E-state index is 13.5. The number of Topliss-reactive ketones (excluding diaryl/α,β-unsaturated/α-hetero) is 1. The molecule has 1 N–H and O–H groups in total. The molecule has 1 heterocycles. The summed E-state index contributed by atoms with van der Waals surface area (Å²) in [5.74, 6) is -0.731. The summed E-state index contributed by atoms with van der Waals surface area (Å²) in [5.41, 5.74) is 0.237. The highest BCUT2D eigenvalue weighted by atomic mass is 19.1. The molecule has 0 atom stereocenters. The summed E-state index contributed by atoms with van der Waals surface area (Å²) in [4.78, 5) is 25.2. The molecule has 0 aliphatic carbocycles. The standard InChI is InChI=1S/C13H10FNO2/c1-8(16)9-6-7-12(15-13(9)17)10-4-2-3-5-11(10)14/h2-7H,1H3,(H,15,17). The maximum Gasteiger partial charge on any atom is 0.259 e. The van der Waals surface area contributed by atoms with Gasteiger partial charge in [-0.25, -0.2) is 4.39 Å². The minimum absolute atomic E-state index is 0.0742. The number of benzene rings is 1. The first-order valence-corrected chi connectivity index (χ1v) is 5.09. The number of H-pyrrole nitrogens is 1. The van der Waals surface area contributed by atoms with E-state index in [0.717, 1.165) is 0 Å². The van der Waals surface area contributed by atoms with Crippen LogP contribution < -0.4 is 5.56 Å². The average Bonchev–Trinajstić information content (AvgIpc) is 2.29. The lowest BCUT2D eigenvalue weighted by molar-refractivity contribution is 0.101. The molecule has 0 saturated carbocycles. The van der Waals surface area contributed by atoms with E-state index in [1.807, 2.05) is 0 Å². The molecule has 3 nitrogen and oxygen atoms in total. The van der Waals surface area contributed by atoms with Crippen LogP contribution in [0, 0.1) is 5.82 Å². The van der Waals surface area contributed by atoms with Gasteiger partial charge in [-0.3, -0.25) is 9.59 Å². The van der Waals surface area contributed by atoms with Crippen molar-refractivity contribution in [1.29, 1.82) is 0 Å². The zero-order valence-electron chi connectivity index (χ0n) is 9.16. The lowest BCUT2D eigenvalue weighted by atomic mass is 10.1. The van der Waals surface area contributed by atoms with Crippen LogP contribution in [0.2, 0.25) is 0 Å². The molecular weight excluding hydrogens is 221 g/mol. The molecular formula is C13H10FNO2. The molecule has 1 aromatic carbocycles. The Hall–Kier alpha value is -2.23. The number of hydrogen-bond donors (Lipinski definition) is 1. The molecule has 86 valence electrons. The molecule has 0 saturated heterocycles. The van der Waals surface area contributed by atoms with Crippen LogP contribution in [0.25, 0.3) is 11.3 Å². The average molecular weight is 231 g/mol. The van der Waals surface area contributed by atoms with E-state index in [9.17, 15) is 14.0 Å². The molecule has 0 radical (unpaired) electrons. The Morgan fingerprint density at radius 2 is 1.88 bits per heavy atom. The number of carbonyl (C=O) groups excluding carboxylic acids is 1. The van der Waals surface area contributed by atoms with E-state index < -0.39 is 11.4 Å². The van der Waals surface area contributed by atoms with Crippen molar-refractivity contribution in [3.8, 4) is 11.3 Å².